The molecule has 2 rings (SSSR count). The molecule has 114 valence electrons. The molecule has 4 nitrogen and oxygen atoms in total. The fourth-order valence-electron chi connectivity index (χ4n) is 2.82. The van der Waals surface area contributed by atoms with Crippen LogP contribution >= 0.6 is 22.9 Å². The number of ether oxygens (including phenoxy) is 2. The Balaban J connectivity index is 2.20. The SMILES string of the molecule is CCC(N)C(c1ccc(Cl)s1)N1CC(OC)C(OC)C1. The fraction of sp³-hybridized carbons (Fsp3) is 0.714. The zero-order valence-corrected chi connectivity index (χ0v) is 13.8. The third-order valence-electron chi connectivity index (χ3n) is 4.00. The number of halogens is 1. The van der Waals surface area contributed by atoms with E-state index in [0.717, 1.165) is 23.8 Å². The Morgan fingerprint density at radius 3 is 2.35 bits per heavy atom. The number of nitrogens with two attached hydrogens (primary N) is 1. The standard InChI is InChI=1S/C14H23ClN2O2S/c1-4-9(16)14(12-5-6-13(15)20-12)17-7-10(18-2)11(8-17)19-3/h5-6,9-11,14H,4,7-8,16H2,1-3H3. The zero-order valence-electron chi connectivity index (χ0n) is 12.2. The summed E-state index contributed by atoms with van der Waals surface area (Å²) in [5.41, 5.74) is 6.35. The molecule has 0 radical (unpaired) electrons. The summed E-state index contributed by atoms with van der Waals surface area (Å²) in [6.45, 7) is 3.79. The molecule has 0 saturated carbocycles. The highest BCUT2D eigenvalue weighted by Gasteiger charge is 2.39. The van der Waals surface area contributed by atoms with Gasteiger partial charge in [0.25, 0.3) is 0 Å². The molecule has 1 aliphatic rings. The molecule has 4 atom stereocenters. The van der Waals surface area contributed by atoms with Crippen LogP contribution in [0, 0.1) is 0 Å². The van der Waals surface area contributed by atoms with Crippen LogP contribution in [0.5, 0.6) is 0 Å². The number of thiophene rings is 1. The minimum absolute atomic E-state index is 0.0813. The Bertz CT molecular complexity index is 417. The maximum atomic E-state index is 6.35. The molecule has 2 heterocycles. The lowest BCUT2D eigenvalue weighted by Crippen LogP contribution is -2.40. The predicted molar refractivity (Wildman–Crippen MR) is 83.5 cm³/mol. The first kappa shape index (κ1) is 16.2. The Morgan fingerprint density at radius 2 is 1.95 bits per heavy atom. The van der Waals surface area contributed by atoms with Crippen LogP contribution < -0.4 is 5.73 Å². The highest BCUT2D eigenvalue weighted by atomic mass is 35.5. The monoisotopic (exact) mass is 318 g/mol. The molecule has 0 aliphatic carbocycles. The average molecular weight is 319 g/mol. The van der Waals surface area contributed by atoms with Crippen LogP contribution in [0.3, 0.4) is 0 Å². The van der Waals surface area contributed by atoms with E-state index in [1.165, 1.54) is 4.88 Å². The smallest absolute Gasteiger partial charge is 0.0972 e. The van der Waals surface area contributed by atoms with Crippen molar-refractivity contribution in [3.8, 4) is 0 Å². The molecule has 1 aliphatic heterocycles. The van der Waals surface area contributed by atoms with Gasteiger partial charge in [0.15, 0.2) is 0 Å². The maximum absolute atomic E-state index is 6.35. The topological polar surface area (TPSA) is 47.7 Å². The van der Waals surface area contributed by atoms with Crippen LogP contribution in [0.4, 0.5) is 0 Å². The van der Waals surface area contributed by atoms with Gasteiger partial charge in [-0.2, -0.15) is 0 Å². The van der Waals surface area contributed by atoms with Crippen LogP contribution in [0.25, 0.3) is 0 Å². The molecular weight excluding hydrogens is 296 g/mol. The Labute approximate surface area is 129 Å². The van der Waals surface area contributed by atoms with E-state index in [9.17, 15) is 0 Å². The summed E-state index contributed by atoms with van der Waals surface area (Å²) in [6, 6.07) is 4.28. The molecule has 6 heteroatoms. The van der Waals surface area contributed by atoms with E-state index in [1.54, 1.807) is 25.6 Å². The van der Waals surface area contributed by atoms with E-state index in [1.807, 2.05) is 6.07 Å². The van der Waals surface area contributed by atoms with Crippen LogP contribution in [-0.2, 0) is 9.47 Å². The lowest BCUT2D eigenvalue weighted by molar-refractivity contribution is -0.00461. The van der Waals surface area contributed by atoms with Crippen molar-refractivity contribution in [3.05, 3.63) is 21.3 Å². The highest BCUT2D eigenvalue weighted by molar-refractivity contribution is 7.16. The van der Waals surface area contributed by atoms with Gasteiger partial charge in [-0.15, -0.1) is 11.3 Å². The molecule has 0 amide bonds. The van der Waals surface area contributed by atoms with E-state index in [0.29, 0.717) is 0 Å². The molecule has 4 unspecified atom stereocenters. The number of rotatable bonds is 6. The summed E-state index contributed by atoms with van der Waals surface area (Å²) in [6.07, 6.45) is 1.12. The van der Waals surface area contributed by atoms with Crippen molar-refractivity contribution in [2.75, 3.05) is 27.3 Å². The van der Waals surface area contributed by atoms with Gasteiger partial charge in [0.1, 0.15) is 0 Å². The maximum Gasteiger partial charge on any atom is 0.0972 e. The molecular formula is C14H23ClN2O2S. The molecule has 2 N–H and O–H groups in total. The largest absolute Gasteiger partial charge is 0.377 e. The number of methoxy groups -OCH3 is 2. The van der Waals surface area contributed by atoms with Crippen molar-refractivity contribution in [2.45, 2.75) is 37.6 Å². The lowest BCUT2D eigenvalue weighted by Gasteiger charge is -2.31. The van der Waals surface area contributed by atoms with Crippen molar-refractivity contribution in [3.63, 3.8) is 0 Å². The quantitative estimate of drug-likeness (QED) is 0.875. The summed E-state index contributed by atoms with van der Waals surface area (Å²) in [7, 11) is 3.47. The van der Waals surface area contributed by atoms with E-state index in [4.69, 9.17) is 26.8 Å². The van der Waals surface area contributed by atoms with Gasteiger partial charge in [-0.3, -0.25) is 4.90 Å². The second kappa shape index (κ2) is 7.20. The van der Waals surface area contributed by atoms with Gasteiger partial charge >= 0.3 is 0 Å². The minimum Gasteiger partial charge on any atom is -0.377 e. The van der Waals surface area contributed by atoms with Gasteiger partial charge in [0, 0.05) is 38.2 Å². The Kier molecular flexibility index (Phi) is 5.84. The number of nitrogens with zero attached hydrogens (tertiary/aromatic N) is 1. The average Bonchev–Trinajstić information content (AvgIpc) is 3.05. The van der Waals surface area contributed by atoms with Gasteiger partial charge < -0.3 is 15.2 Å². The summed E-state index contributed by atoms with van der Waals surface area (Å²) in [5, 5.41) is 0. The highest BCUT2D eigenvalue weighted by Crippen LogP contribution is 2.35. The lowest BCUT2D eigenvalue weighted by atomic mass is 10.0. The van der Waals surface area contributed by atoms with Gasteiger partial charge in [0.05, 0.1) is 22.6 Å². The third-order valence-corrected chi connectivity index (χ3v) is 5.31. The first-order valence-electron chi connectivity index (χ1n) is 6.91. The number of hydrogen-bond acceptors (Lipinski definition) is 5. The van der Waals surface area contributed by atoms with E-state index < -0.39 is 0 Å². The van der Waals surface area contributed by atoms with Crippen molar-refractivity contribution in [1.82, 2.24) is 4.90 Å². The van der Waals surface area contributed by atoms with Crippen LogP contribution in [0.1, 0.15) is 24.3 Å². The first-order chi connectivity index (χ1) is 9.60. The molecule has 1 fully saturated rings. The second-order valence-corrected chi connectivity index (χ2v) is 6.91. The first-order valence-corrected chi connectivity index (χ1v) is 8.10. The van der Waals surface area contributed by atoms with Gasteiger partial charge in [-0.25, -0.2) is 0 Å². The van der Waals surface area contributed by atoms with Gasteiger partial charge in [-0.05, 0) is 18.6 Å². The fourth-order valence-corrected chi connectivity index (χ4v) is 4.10. The van der Waals surface area contributed by atoms with Crippen molar-refractivity contribution < 1.29 is 9.47 Å². The van der Waals surface area contributed by atoms with Crippen molar-refractivity contribution >= 4 is 22.9 Å². The molecule has 0 spiro atoms. The van der Waals surface area contributed by atoms with E-state index in [-0.39, 0.29) is 24.3 Å². The summed E-state index contributed by atoms with van der Waals surface area (Å²) < 4.78 is 11.8. The normalized spacial score (nSPS) is 26.9. The summed E-state index contributed by atoms with van der Waals surface area (Å²) in [4.78, 5) is 3.58. The molecule has 0 bridgehead atoms. The van der Waals surface area contributed by atoms with Crippen LogP contribution in [0.15, 0.2) is 12.1 Å². The predicted octanol–water partition coefficient (Wildman–Crippen LogP) is 2.53. The molecule has 1 aromatic rings. The molecule has 20 heavy (non-hydrogen) atoms. The van der Waals surface area contributed by atoms with Gasteiger partial charge in [0.2, 0.25) is 0 Å². The van der Waals surface area contributed by atoms with Gasteiger partial charge in [-0.1, -0.05) is 18.5 Å². The van der Waals surface area contributed by atoms with Crippen LogP contribution in [-0.4, -0.2) is 50.5 Å². The molecule has 1 aromatic heterocycles. The minimum atomic E-state index is 0.0813. The molecule has 0 aromatic carbocycles. The molecule has 1 saturated heterocycles. The summed E-state index contributed by atoms with van der Waals surface area (Å²) in [5.74, 6) is 0. The zero-order chi connectivity index (χ0) is 14.7. The number of likely N-dealkylation sites (tertiary alicyclic amines) is 1. The Morgan fingerprint density at radius 1 is 1.35 bits per heavy atom. The van der Waals surface area contributed by atoms with Crippen molar-refractivity contribution in [1.29, 1.82) is 0 Å². The van der Waals surface area contributed by atoms with Crippen molar-refractivity contribution in [2.24, 2.45) is 5.73 Å². The van der Waals surface area contributed by atoms with E-state index >= 15 is 0 Å². The second-order valence-electron chi connectivity index (χ2n) is 5.16. The Hall–Kier alpha value is -0.170. The van der Waals surface area contributed by atoms with E-state index in [2.05, 4.69) is 17.9 Å². The summed E-state index contributed by atoms with van der Waals surface area (Å²) >= 11 is 7.69. The van der Waals surface area contributed by atoms with Crippen LogP contribution in [0.2, 0.25) is 4.34 Å². The third kappa shape index (κ3) is 3.35. The number of hydrogen-bond donors (Lipinski definition) is 1.